The molecule has 2 fully saturated rings. The summed E-state index contributed by atoms with van der Waals surface area (Å²) in [6.07, 6.45) is 2.38. The quantitative estimate of drug-likeness (QED) is 0.834. The number of carbonyl (C=O) groups is 1. The molecule has 0 saturated carbocycles. The van der Waals surface area contributed by atoms with E-state index in [1.54, 1.807) is 0 Å². The van der Waals surface area contributed by atoms with E-state index in [2.05, 4.69) is 15.2 Å². The average molecular weight is 290 g/mol. The summed E-state index contributed by atoms with van der Waals surface area (Å²) in [5.41, 5.74) is 0. The number of rotatable bonds is 5. The van der Waals surface area contributed by atoms with Gasteiger partial charge in [-0.3, -0.25) is 4.79 Å². The van der Waals surface area contributed by atoms with Crippen molar-refractivity contribution in [2.75, 3.05) is 50.8 Å². The standard InChI is InChI=1S/C15H22N4O2/c20-15(4-6-16-13-11-21-12-13)19-9-7-18(8-10-19)14-3-1-2-5-17-14/h1-3,5,13,16H,4,6-12H2. The van der Waals surface area contributed by atoms with Gasteiger partial charge in [0.2, 0.25) is 5.91 Å². The summed E-state index contributed by atoms with van der Waals surface area (Å²) in [6, 6.07) is 6.38. The van der Waals surface area contributed by atoms with E-state index in [9.17, 15) is 4.79 Å². The highest BCUT2D eigenvalue weighted by molar-refractivity contribution is 5.76. The lowest BCUT2D eigenvalue weighted by Gasteiger charge is -2.35. The first kappa shape index (κ1) is 14.3. The Kier molecular flexibility index (Phi) is 4.67. The van der Waals surface area contributed by atoms with Crippen molar-refractivity contribution < 1.29 is 9.53 Å². The van der Waals surface area contributed by atoms with E-state index in [4.69, 9.17) is 4.74 Å². The van der Waals surface area contributed by atoms with Crippen LogP contribution < -0.4 is 10.2 Å². The zero-order valence-electron chi connectivity index (χ0n) is 12.2. The Balaban J connectivity index is 1.39. The Morgan fingerprint density at radius 1 is 1.29 bits per heavy atom. The van der Waals surface area contributed by atoms with E-state index in [1.165, 1.54) is 0 Å². The van der Waals surface area contributed by atoms with Crippen LogP contribution >= 0.6 is 0 Å². The number of ether oxygens (including phenoxy) is 1. The van der Waals surface area contributed by atoms with Crippen LogP contribution in [0.2, 0.25) is 0 Å². The molecule has 0 unspecified atom stereocenters. The van der Waals surface area contributed by atoms with Crippen molar-refractivity contribution in [3.8, 4) is 0 Å². The molecule has 1 aromatic rings. The van der Waals surface area contributed by atoms with Crippen LogP contribution in [0.5, 0.6) is 0 Å². The summed E-state index contributed by atoms with van der Waals surface area (Å²) in [5.74, 6) is 1.24. The molecule has 0 atom stereocenters. The van der Waals surface area contributed by atoms with Crippen molar-refractivity contribution in [3.63, 3.8) is 0 Å². The molecule has 3 heterocycles. The van der Waals surface area contributed by atoms with E-state index in [-0.39, 0.29) is 5.91 Å². The Hall–Kier alpha value is -1.66. The lowest BCUT2D eigenvalue weighted by atomic mass is 10.2. The monoisotopic (exact) mass is 290 g/mol. The highest BCUT2D eigenvalue weighted by atomic mass is 16.5. The molecular weight excluding hydrogens is 268 g/mol. The Labute approximate surface area is 125 Å². The maximum absolute atomic E-state index is 12.1. The largest absolute Gasteiger partial charge is 0.378 e. The third-order valence-electron chi connectivity index (χ3n) is 4.02. The number of nitrogens with one attached hydrogen (secondary N) is 1. The van der Waals surface area contributed by atoms with Gasteiger partial charge in [-0.1, -0.05) is 6.07 Å². The first-order valence-corrected chi connectivity index (χ1v) is 7.58. The van der Waals surface area contributed by atoms with Gasteiger partial charge < -0.3 is 19.9 Å². The molecule has 2 saturated heterocycles. The van der Waals surface area contributed by atoms with Crippen LogP contribution in [-0.4, -0.2) is 67.8 Å². The van der Waals surface area contributed by atoms with Crippen LogP contribution in [0.15, 0.2) is 24.4 Å². The van der Waals surface area contributed by atoms with Crippen molar-refractivity contribution in [2.24, 2.45) is 0 Å². The lowest BCUT2D eigenvalue weighted by Crippen LogP contribution is -2.50. The summed E-state index contributed by atoms with van der Waals surface area (Å²) in [6.45, 7) is 5.56. The highest BCUT2D eigenvalue weighted by Crippen LogP contribution is 2.12. The molecule has 1 amide bonds. The molecule has 2 aliphatic rings. The van der Waals surface area contributed by atoms with Crippen molar-refractivity contribution in [1.29, 1.82) is 0 Å². The van der Waals surface area contributed by atoms with Crippen molar-refractivity contribution in [3.05, 3.63) is 24.4 Å². The SMILES string of the molecule is O=C(CCNC1COC1)N1CCN(c2ccccn2)CC1. The molecule has 2 aliphatic heterocycles. The molecule has 0 bridgehead atoms. The molecule has 1 aromatic heterocycles. The molecule has 6 nitrogen and oxygen atoms in total. The fourth-order valence-corrected chi connectivity index (χ4v) is 2.62. The normalized spacial score (nSPS) is 19.4. The summed E-state index contributed by atoms with van der Waals surface area (Å²) in [7, 11) is 0. The van der Waals surface area contributed by atoms with Crippen LogP contribution in [0.1, 0.15) is 6.42 Å². The Morgan fingerprint density at radius 3 is 2.71 bits per heavy atom. The number of piperazine rings is 1. The second-order valence-electron chi connectivity index (χ2n) is 5.49. The maximum atomic E-state index is 12.1. The number of anilines is 1. The minimum absolute atomic E-state index is 0.239. The maximum Gasteiger partial charge on any atom is 0.223 e. The van der Waals surface area contributed by atoms with Crippen LogP contribution in [0.25, 0.3) is 0 Å². The van der Waals surface area contributed by atoms with Gasteiger partial charge >= 0.3 is 0 Å². The van der Waals surface area contributed by atoms with Gasteiger partial charge in [0.1, 0.15) is 5.82 Å². The number of nitrogens with zero attached hydrogens (tertiary/aromatic N) is 3. The summed E-state index contributed by atoms with van der Waals surface area (Å²) >= 11 is 0. The Morgan fingerprint density at radius 2 is 2.10 bits per heavy atom. The highest BCUT2D eigenvalue weighted by Gasteiger charge is 2.22. The number of hydrogen-bond donors (Lipinski definition) is 1. The fourth-order valence-electron chi connectivity index (χ4n) is 2.62. The van der Waals surface area contributed by atoms with E-state index < -0.39 is 0 Å². The minimum atomic E-state index is 0.239. The lowest BCUT2D eigenvalue weighted by molar-refractivity contribution is -0.131. The van der Waals surface area contributed by atoms with Gasteiger partial charge in [0.05, 0.1) is 19.3 Å². The van der Waals surface area contributed by atoms with Gasteiger partial charge in [-0.2, -0.15) is 0 Å². The van der Waals surface area contributed by atoms with Crippen LogP contribution in [0.4, 0.5) is 5.82 Å². The van der Waals surface area contributed by atoms with Crippen LogP contribution in [0, 0.1) is 0 Å². The molecule has 1 N–H and O–H groups in total. The zero-order chi connectivity index (χ0) is 14.5. The first-order chi connectivity index (χ1) is 10.3. The number of hydrogen-bond acceptors (Lipinski definition) is 5. The van der Waals surface area contributed by atoms with Gasteiger partial charge in [-0.25, -0.2) is 4.98 Å². The van der Waals surface area contributed by atoms with E-state index >= 15 is 0 Å². The molecule has 0 aliphatic carbocycles. The molecule has 0 spiro atoms. The van der Waals surface area contributed by atoms with Crippen molar-refractivity contribution >= 4 is 11.7 Å². The predicted molar refractivity (Wildman–Crippen MR) is 80.3 cm³/mol. The predicted octanol–water partition coefficient (Wildman–Crippen LogP) is 0.109. The van der Waals surface area contributed by atoms with Crippen molar-refractivity contribution in [1.82, 2.24) is 15.2 Å². The molecule has 21 heavy (non-hydrogen) atoms. The van der Waals surface area contributed by atoms with Gasteiger partial charge in [-0.15, -0.1) is 0 Å². The summed E-state index contributed by atoms with van der Waals surface area (Å²) in [4.78, 5) is 20.7. The van der Waals surface area contributed by atoms with Gasteiger partial charge in [-0.05, 0) is 12.1 Å². The molecule has 3 rings (SSSR count). The summed E-state index contributed by atoms with van der Waals surface area (Å²) in [5, 5.41) is 3.33. The van der Waals surface area contributed by atoms with Gasteiger partial charge in [0.25, 0.3) is 0 Å². The van der Waals surface area contributed by atoms with Gasteiger partial charge in [0, 0.05) is 45.3 Å². The fraction of sp³-hybridized carbons (Fsp3) is 0.600. The average Bonchev–Trinajstić information content (AvgIpc) is 2.50. The van der Waals surface area contributed by atoms with Crippen LogP contribution in [0.3, 0.4) is 0 Å². The van der Waals surface area contributed by atoms with Crippen LogP contribution in [-0.2, 0) is 9.53 Å². The molecular formula is C15H22N4O2. The van der Waals surface area contributed by atoms with Gasteiger partial charge in [0.15, 0.2) is 0 Å². The third kappa shape index (κ3) is 3.71. The number of pyridine rings is 1. The summed E-state index contributed by atoms with van der Waals surface area (Å²) < 4.78 is 5.09. The first-order valence-electron chi connectivity index (χ1n) is 7.58. The molecule has 0 aromatic carbocycles. The van der Waals surface area contributed by atoms with E-state index in [0.717, 1.165) is 51.8 Å². The second kappa shape index (κ2) is 6.87. The number of carbonyl (C=O) groups excluding carboxylic acids is 1. The molecule has 6 heteroatoms. The minimum Gasteiger partial charge on any atom is -0.378 e. The second-order valence-corrected chi connectivity index (χ2v) is 5.49. The Bertz CT molecular complexity index is 456. The topological polar surface area (TPSA) is 57.7 Å². The molecule has 114 valence electrons. The zero-order valence-corrected chi connectivity index (χ0v) is 12.2. The van der Waals surface area contributed by atoms with E-state index in [1.807, 2.05) is 29.3 Å². The number of amides is 1. The number of aromatic nitrogens is 1. The van der Waals surface area contributed by atoms with E-state index in [0.29, 0.717) is 12.5 Å². The third-order valence-corrected chi connectivity index (χ3v) is 4.02. The molecule has 0 radical (unpaired) electrons. The smallest absolute Gasteiger partial charge is 0.223 e. The van der Waals surface area contributed by atoms with Crippen molar-refractivity contribution in [2.45, 2.75) is 12.5 Å².